The Morgan fingerprint density at radius 2 is 2.03 bits per heavy atom. The van der Waals surface area contributed by atoms with Gasteiger partial charge in [0.25, 0.3) is 11.8 Å². The molecular formula is C20H20ClF2N3O4. The van der Waals surface area contributed by atoms with Crippen molar-refractivity contribution in [2.75, 3.05) is 11.9 Å². The summed E-state index contributed by atoms with van der Waals surface area (Å²) in [6.07, 6.45) is 2.23. The first-order valence-corrected chi connectivity index (χ1v) is 9.19. The van der Waals surface area contributed by atoms with E-state index in [4.69, 9.17) is 14.6 Å². The Balaban J connectivity index is 0.00000256. The summed E-state index contributed by atoms with van der Waals surface area (Å²) in [5, 5.41) is 2.32. The molecule has 1 aromatic carbocycles. The number of halogens is 3. The van der Waals surface area contributed by atoms with E-state index in [9.17, 15) is 18.4 Å². The van der Waals surface area contributed by atoms with Crippen molar-refractivity contribution in [1.82, 2.24) is 4.90 Å². The van der Waals surface area contributed by atoms with Gasteiger partial charge in [0.05, 0.1) is 11.9 Å². The molecule has 7 nitrogen and oxygen atoms in total. The second-order valence-electron chi connectivity index (χ2n) is 7.12. The number of nitrogens with zero attached hydrogens (tertiary/aromatic N) is 1. The van der Waals surface area contributed by atoms with Crippen LogP contribution in [0.3, 0.4) is 0 Å². The van der Waals surface area contributed by atoms with Crippen LogP contribution in [0.2, 0.25) is 0 Å². The summed E-state index contributed by atoms with van der Waals surface area (Å²) in [6.45, 7) is 3.67. The Hall–Kier alpha value is -2.91. The first kappa shape index (κ1) is 21.8. The quantitative estimate of drug-likeness (QED) is 0.624. The molecular weight excluding hydrogens is 420 g/mol. The van der Waals surface area contributed by atoms with Crippen molar-refractivity contribution >= 4 is 40.9 Å². The summed E-state index contributed by atoms with van der Waals surface area (Å²) in [6, 6.07) is 5.20. The number of hydrogen-bond acceptors (Lipinski definition) is 5. The van der Waals surface area contributed by atoms with Gasteiger partial charge in [0.1, 0.15) is 17.3 Å². The molecule has 1 aliphatic rings. The smallest absolute Gasteiger partial charge is 0.291 e. The van der Waals surface area contributed by atoms with Gasteiger partial charge in [-0.3, -0.25) is 14.5 Å². The van der Waals surface area contributed by atoms with E-state index in [1.807, 2.05) is 0 Å². The largest absolute Gasteiger partial charge is 0.455 e. The molecule has 3 aromatic rings. The monoisotopic (exact) mass is 439 g/mol. The molecule has 4 rings (SSSR count). The van der Waals surface area contributed by atoms with E-state index in [0.717, 1.165) is 25.5 Å². The Morgan fingerprint density at radius 1 is 1.27 bits per heavy atom. The second-order valence-corrected chi connectivity index (χ2v) is 7.12. The molecule has 10 heteroatoms. The maximum atomic E-state index is 14.0. The number of primary amides is 1. The van der Waals surface area contributed by atoms with E-state index in [1.54, 1.807) is 6.07 Å². The van der Waals surface area contributed by atoms with Crippen LogP contribution in [0.15, 0.2) is 33.1 Å². The number of furan rings is 2. The molecule has 0 saturated carbocycles. The number of likely N-dealkylation sites (tertiary alicyclic amines) is 1. The van der Waals surface area contributed by atoms with Gasteiger partial charge in [-0.2, -0.15) is 0 Å². The number of carbonyl (C=O) groups excluding carboxylic acids is 2. The zero-order valence-corrected chi connectivity index (χ0v) is 16.9. The molecule has 2 aromatic heterocycles. The van der Waals surface area contributed by atoms with Crippen LogP contribution in [-0.4, -0.2) is 29.3 Å². The fraction of sp³-hybridized carbons (Fsp3) is 0.300. The van der Waals surface area contributed by atoms with Gasteiger partial charge in [-0.1, -0.05) is 0 Å². The number of anilines is 1. The van der Waals surface area contributed by atoms with Crippen LogP contribution in [-0.2, 0) is 6.54 Å². The van der Waals surface area contributed by atoms with Gasteiger partial charge in [0.2, 0.25) is 5.76 Å². The van der Waals surface area contributed by atoms with Gasteiger partial charge in [0.15, 0.2) is 17.2 Å². The van der Waals surface area contributed by atoms with Crippen molar-refractivity contribution in [1.29, 1.82) is 0 Å². The summed E-state index contributed by atoms with van der Waals surface area (Å²) in [4.78, 5) is 26.5. The zero-order chi connectivity index (χ0) is 20.7. The normalized spacial score (nSPS) is 16.6. The highest BCUT2D eigenvalue weighted by Gasteiger charge is 2.25. The molecule has 3 heterocycles. The molecule has 1 saturated heterocycles. The Labute approximate surface area is 176 Å². The van der Waals surface area contributed by atoms with Gasteiger partial charge in [-0.05, 0) is 44.5 Å². The molecule has 0 aliphatic carbocycles. The van der Waals surface area contributed by atoms with E-state index in [0.29, 0.717) is 24.4 Å². The average Bonchev–Trinajstić information content (AvgIpc) is 3.36. The highest BCUT2D eigenvalue weighted by atomic mass is 35.5. The molecule has 1 atom stereocenters. The summed E-state index contributed by atoms with van der Waals surface area (Å²) in [5.41, 5.74) is 4.68. The molecule has 1 fully saturated rings. The van der Waals surface area contributed by atoms with E-state index in [1.165, 1.54) is 6.07 Å². The lowest BCUT2D eigenvalue weighted by molar-refractivity contribution is 0.0976. The Morgan fingerprint density at radius 3 is 2.70 bits per heavy atom. The van der Waals surface area contributed by atoms with Crippen LogP contribution in [0, 0.1) is 11.6 Å². The molecule has 30 heavy (non-hydrogen) atoms. The summed E-state index contributed by atoms with van der Waals surface area (Å²) >= 11 is 0. The number of nitrogens with one attached hydrogen (secondary N) is 1. The predicted octanol–water partition coefficient (Wildman–Crippen LogP) is 4.06. The van der Waals surface area contributed by atoms with E-state index >= 15 is 0 Å². The number of amides is 2. The third-order valence-corrected chi connectivity index (χ3v) is 5.11. The van der Waals surface area contributed by atoms with Crippen LogP contribution < -0.4 is 11.1 Å². The lowest BCUT2D eigenvalue weighted by Gasteiger charge is -2.19. The number of fused-ring (bicyclic) bond motifs is 1. The highest BCUT2D eigenvalue weighted by Crippen LogP contribution is 2.33. The maximum Gasteiger partial charge on any atom is 0.291 e. The van der Waals surface area contributed by atoms with Crippen molar-refractivity contribution in [3.63, 3.8) is 0 Å². The number of rotatable bonds is 5. The van der Waals surface area contributed by atoms with Gasteiger partial charge in [-0.15, -0.1) is 12.4 Å². The van der Waals surface area contributed by atoms with Crippen LogP contribution in [0.4, 0.5) is 14.5 Å². The number of nitrogens with two attached hydrogens (primary N) is 1. The van der Waals surface area contributed by atoms with Crippen LogP contribution in [0.5, 0.6) is 0 Å². The van der Waals surface area contributed by atoms with Crippen molar-refractivity contribution in [2.24, 2.45) is 5.73 Å². The molecule has 0 spiro atoms. The molecule has 160 valence electrons. The lowest BCUT2D eigenvalue weighted by Crippen LogP contribution is -2.25. The fourth-order valence-electron chi connectivity index (χ4n) is 3.61. The Kier molecular flexibility index (Phi) is 6.14. The second kappa shape index (κ2) is 8.45. The summed E-state index contributed by atoms with van der Waals surface area (Å²) in [7, 11) is 0. The third kappa shape index (κ3) is 4.03. The van der Waals surface area contributed by atoms with Crippen molar-refractivity contribution in [3.8, 4) is 0 Å². The standard InChI is InChI=1S/C20H19F2N3O4.ClH/c1-10-3-2-6-25(10)9-12-4-5-15(28-12)20(27)24-16-13-7-11(21)8-14(22)17(13)29-18(16)19(23)26;/h4-5,7-8,10H,2-3,6,9H2,1H3,(H2,23,26)(H,24,27);1H. The molecule has 0 bridgehead atoms. The molecule has 2 amide bonds. The lowest BCUT2D eigenvalue weighted by atomic mass is 10.2. The van der Waals surface area contributed by atoms with Crippen LogP contribution >= 0.6 is 12.4 Å². The van der Waals surface area contributed by atoms with E-state index in [-0.39, 0.29) is 34.8 Å². The minimum absolute atomic E-state index is 0. The highest BCUT2D eigenvalue weighted by molar-refractivity contribution is 6.13. The summed E-state index contributed by atoms with van der Waals surface area (Å²) < 4.78 is 38.4. The molecule has 0 radical (unpaired) electrons. The van der Waals surface area contributed by atoms with E-state index < -0.39 is 29.2 Å². The maximum absolute atomic E-state index is 14.0. The number of hydrogen-bond donors (Lipinski definition) is 2. The fourth-order valence-corrected chi connectivity index (χ4v) is 3.61. The SMILES string of the molecule is CC1CCCN1Cc1ccc(C(=O)Nc2c(C(N)=O)oc3c(F)cc(F)cc23)o1.Cl. The van der Waals surface area contributed by atoms with Crippen molar-refractivity contribution in [3.05, 3.63) is 53.2 Å². The minimum Gasteiger partial charge on any atom is -0.455 e. The van der Waals surface area contributed by atoms with Gasteiger partial charge in [-0.25, -0.2) is 8.78 Å². The molecule has 3 N–H and O–H groups in total. The molecule has 1 aliphatic heterocycles. The number of carbonyl (C=O) groups is 2. The van der Waals surface area contributed by atoms with Gasteiger partial charge in [0, 0.05) is 12.1 Å². The minimum atomic E-state index is -1.03. The summed E-state index contributed by atoms with van der Waals surface area (Å²) in [5.74, 6) is -3.48. The van der Waals surface area contributed by atoms with Crippen LogP contribution in [0.1, 0.15) is 46.6 Å². The first-order chi connectivity index (χ1) is 13.8. The van der Waals surface area contributed by atoms with E-state index in [2.05, 4.69) is 17.1 Å². The number of benzene rings is 1. The van der Waals surface area contributed by atoms with Crippen molar-refractivity contribution < 1.29 is 27.2 Å². The topological polar surface area (TPSA) is 102 Å². The average molecular weight is 440 g/mol. The Bertz CT molecular complexity index is 1110. The van der Waals surface area contributed by atoms with Crippen molar-refractivity contribution in [2.45, 2.75) is 32.4 Å². The third-order valence-electron chi connectivity index (χ3n) is 5.11. The first-order valence-electron chi connectivity index (χ1n) is 9.19. The predicted molar refractivity (Wildman–Crippen MR) is 108 cm³/mol. The van der Waals surface area contributed by atoms with Gasteiger partial charge < -0.3 is 19.9 Å². The van der Waals surface area contributed by atoms with Crippen LogP contribution in [0.25, 0.3) is 11.0 Å². The van der Waals surface area contributed by atoms with Gasteiger partial charge >= 0.3 is 0 Å². The zero-order valence-electron chi connectivity index (χ0n) is 16.0. The molecule has 1 unspecified atom stereocenters.